The third kappa shape index (κ3) is 5.53. The third-order valence-corrected chi connectivity index (χ3v) is 2.62. The van der Waals surface area contributed by atoms with E-state index < -0.39 is 0 Å². The SMILES string of the molecule is C=CCC(C)(C)CNC(=O)OCc1ccccc1. The zero-order chi connectivity index (χ0) is 13.4. The largest absolute Gasteiger partial charge is 0.445 e. The Morgan fingerprint density at radius 2 is 2.06 bits per heavy atom. The quantitative estimate of drug-likeness (QED) is 0.781. The summed E-state index contributed by atoms with van der Waals surface area (Å²) in [5, 5.41) is 2.77. The van der Waals surface area contributed by atoms with Crippen LogP contribution in [0.25, 0.3) is 0 Å². The van der Waals surface area contributed by atoms with Gasteiger partial charge in [-0.15, -0.1) is 6.58 Å². The molecule has 1 N–H and O–H groups in total. The number of hydrogen-bond acceptors (Lipinski definition) is 2. The third-order valence-electron chi connectivity index (χ3n) is 2.62. The average Bonchev–Trinajstić information content (AvgIpc) is 2.35. The molecule has 0 bridgehead atoms. The number of carbonyl (C=O) groups is 1. The Morgan fingerprint density at radius 3 is 2.67 bits per heavy atom. The van der Waals surface area contributed by atoms with Crippen LogP contribution in [0.1, 0.15) is 25.8 Å². The van der Waals surface area contributed by atoms with Crippen molar-refractivity contribution in [3.8, 4) is 0 Å². The lowest BCUT2D eigenvalue weighted by Crippen LogP contribution is -2.34. The number of amides is 1. The second kappa shape index (κ2) is 6.84. The van der Waals surface area contributed by atoms with Crippen LogP contribution in [0.15, 0.2) is 43.0 Å². The molecule has 0 radical (unpaired) electrons. The summed E-state index contributed by atoms with van der Waals surface area (Å²) < 4.78 is 5.13. The molecule has 0 fully saturated rings. The van der Waals surface area contributed by atoms with E-state index >= 15 is 0 Å². The highest BCUT2D eigenvalue weighted by Gasteiger charge is 2.17. The smallest absolute Gasteiger partial charge is 0.407 e. The lowest BCUT2D eigenvalue weighted by atomic mass is 9.89. The first-order valence-electron chi connectivity index (χ1n) is 6.09. The molecule has 0 unspecified atom stereocenters. The molecule has 1 aromatic carbocycles. The summed E-state index contributed by atoms with van der Waals surface area (Å²) in [5.41, 5.74) is 0.992. The number of alkyl carbamates (subject to hydrolysis) is 1. The van der Waals surface area contributed by atoms with Gasteiger partial charge in [-0.3, -0.25) is 0 Å². The van der Waals surface area contributed by atoms with Crippen LogP contribution in [0.2, 0.25) is 0 Å². The van der Waals surface area contributed by atoms with Crippen molar-refractivity contribution >= 4 is 6.09 Å². The van der Waals surface area contributed by atoms with Gasteiger partial charge in [0.2, 0.25) is 0 Å². The van der Waals surface area contributed by atoms with Crippen molar-refractivity contribution in [2.24, 2.45) is 5.41 Å². The highest BCUT2D eigenvalue weighted by Crippen LogP contribution is 2.18. The first-order valence-corrected chi connectivity index (χ1v) is 6.09. The van der Waals surface area contributed by atoms with Crippen molar-refractivity contribution in [1.29, 1.82) is 0 Å². The molecular formula is C15H21NO2. The number of benzene rings is 1. The predicted octanol–water partition coefficient (Wildman–Crippen LogP) is 3.52. The summed E-state index contributed by atoms with van der Waals surface area (Å²) >= 11 is 0. The lowest BCUT2D eigenvalue weighted by molar-refractivity contribution is 0.135. The number of rotatable bonds is 6. The molecule has 0 aliphatic heterocycles. The fraction of sp³-hybridized carbons (Fsp3) is 0.400. The number of ether oxygens (including phenoxy) is 1. The summed E-state index contributed by atoms with van der Waals surface area (Å²) in [6, 6.07) is 9.62. The molecule has 98 valence electrons. The van der Waals surface area contributed by atoms with Crippen molar-refractivity contribution in [2.45, 2.75) is 26.9 Å². The van der Waals surface area contributed by atoms with E-state index in [1.54, 1.807) is 0 Å². The van der Waals surface area contributed by atoms with Gasteiger partial charge in [0.15, 0.2) is 0 Å². The normalized spacial score (nSPS) is 10.8. The van der Waals surface area contributed by atoms with E-state index in [1.165, 1.54) is 0 Å². The summed E-state index contributed by atoms with van der Waals surface area (Å²) in [7, 11) is 0. The van der Waals surface area contributed by atoms with Crippen LogP contribution in [0, 0.1) is 5.41 Å². The first kappa shape index (κ1) is 14.3. The first-order chi connectivity index (χ1) is 8.53. The fourth-order valence-corrected chi connectivity index (χ4v) is 1.55. The highest BCUT2D eigenvalue weighted by atomic mass is 16.5. The second-order valence-corrected chi connectivity index (χ2v) is 5.07. The van der Waals surface area contributed by atoms with E-state index in [9.17, 15) is 4.79 Å². The summed E-state index contributed by atoms with van der Waals surface area (Å²) in [6.45, 7) is 8.73. The van der Waals surface area contributed by atoms with Crippen molar-refractivity contribution < 1.29 is 9.53 Å². The van der Waals surface area contributed by atoms with Crippen LogP contribution in [0.4, 0.5) is 4.79 Å². The van der Waals surface area contributed by atoms with Crippen LogP contribution in [-0.4, -0.2) is 12.6 Å². The zero-order valence-electron chi connectivity index (χ0n) is 11.1. The van der Waals surface area contributed by atoms with Crippen molar-refractivity contribution in [3.63, 3.8) is 0 Å². The van der Waals surface area contributed by atoms with Gasteiger partial charge >= 0.3 is 6.09 Å². The van der Waals surface area contributed by atoms with E-state index in [4.69, 9.17) is 4.74 Å². The fourth-order valence-electron chi connectivity index (χ4n) is 1.55. The Bertz CT molecular complexity index is 385. The maximum absolute atomic E-state index is 11.5. The molecule has 3 heteroatoms. The number of hydrogen-bond donors (Lipinski definition) is 1. The van der Waals surface area contributed by atoms with E-state index in [0.717, 1.165) is 12.0 Å². The van der Waals surface area contributed by atoms with Gasteiger partial charge in [-0.1, -0.05) is 50.3 Å². The van der Waals surface area contributed by atoms with Crippen LogP contribution < -0.4 is 5.32 Å². The Balaban J connectivity index is 2.28. The van der Waals surface area contributed by atoms with E-state index in [0.29, 0.717) is 13.2 Å². The molecule has 0 aliphatic rings. The summed E-state index contributed by atoms with van der Waals surface area (Å²) in [6.07, 6.45) is 2.33. The topological polar surface area (TPSA) is 38.3 Å². The van der Waals surface area contributed by atoms with Gasteiger partial charge in [0.1, 0.15) is 6.61 Å². The molecular weight excluding hydrogens is 226 g/mol. The monoisotopic (exact) mass is 247 g/mol. The van der Waals surface area contributed by atoms with Crippen LogP contribution >= 0.6 is 0 Å². The molecule has 0 aromatic heterocycles. The van der Waals surface area contributed by atoms with E-state index in [2.05, 4.69) is 25.7 Å². The molecule has 3 nitrogen and oxygen atoms in total. The van der Waals surface area contributed by atoms with Crippen molar-refractivity contribution in [3.05, 3.63) is 48.6 Å². The van der Waals surface area contributed by atoms with Gasteiger partial charge < -0.3 is 10.1 Å². The Hall–Kier alpha value is -1.77. The number of carbonyl (C=O) groups excluding carboxylic acids is 1. The summed E-state index contributed by atoms with van der Waals surface area (Å²) in [4.78, 5) is 11.5. The van der Waals surface area contributed by atoms with Gasteiger partial charge in [-0.25, -0.2) is 4.79 Å². The molecule has 1 aromatic rings. The minimum Gasteiger partial charge on any atom is -0.445 e. The van der Waals surface area contributed by atoms with Gasteiger partial charge in [0, 0.05) is 6.54 Å². The minimum atomic E-state index is -0.379. The number of allylic oxidation sites excluding steroid dienone is 1. The average molecular weight is 247 g/mol. The molecule has 1 amide bonds. The molecule has 0 atom stereocenters. The van der Waals surface area contributed by atoms with Crippen LogP contribution in [0.5, 0.6) is 0 Å². The van der Waals surface area contributed by atoms with Crippen molar-refractivity contribution in [2.75, 3.05) is 6.54 Å². The van der Waals surface area contributed by atoms with Gasteiger partial charge in [0.05, 0.1) is 0 Å². The van der Waals surface area contributed by atoms with Crippen LogP contribution in [-0.2, 0) is 11.3 Å². The maximum atomic E-state index is 11.5. The molecule has 18 heavy (non-hydrogen) atoms. The molecule has 0 saturated carbocycles. The molecule has 1 rings (SSSR count). The van der Waals surface area contributed by atoms with Crippen molar-refractivity contribution in [1.82, 2.24) is 5.32 Å². The zero-order valence-corrected chi connectivity index (χ0v) is 11.1. The highest BCUT2D eigenvalue weighted by molar-refractivity contribution is 5.67. The Labute approximate surface area is 109 Å². The molecule has 0 saturated heterocycles. The van der Waals surface area contributed by atoms with E-state index in [-0.39, 0.29) is 11.5 Å². The number of nitrogens with one attached hydrogen (secondary N) is 1. The standard InChI is InChI=1S/C15H21NO2/c1-4-10-15(2,3)12-16-14(17)18-11-13-8-6-5-7-9-13/h4-9H,1,10-12H2,2-3H3,(H,16,17). The van der Waals surface area contributed by atoms with Crippen LogP contribution in [0.3, 0.4) is 0 Å². The van der Waals surface area contributed by atoms with Gasteiger partial charge in [-0.2, -0.15) is 0 Å². The Kier molecular flexibility index (Phi) is 5.43. The maximum Gasteiger partial charge on any atom is 0.407 e. The van der Waals surface area contributed by atoms with Gasteiger partial charge in [-0.05, 0) is 17.4 Å². The predicted molar refractivity (Wildman–Crippen MR) is 73.2 cm³/mol. The molecule has 0 aliphatic carbocycles. The lowest BCUT2D eigenvalue weighted by Gasteiger charge is -2.22. The summed E-state index contributed by atoms with van der Waals surface area (Å²) in [5.74, 6) is 0. The van der Waals surface area contributed by atoms with E-state index in [1.807, 2.05) is 36.4 Å². The van der Waals surface area contributed by atoms with Gasteiger partial charge in [0.25, 0.3) is 0 Å². The molecule has 0 heterocycles. The molecule has 0 spiro atoms. The Morgan fingerprint density at radius 1 is 1.39 bits per heavy atom. The second-order valence-electron chi connectivity index (χ2n) is 5.07. The minimum absolute atomic E-state index is 0.00746.